The maximum atomic E-state index is 11.9. The van der Waals surface area contributed by atoms with Gasteiger partial charge in [-0.2, -0.15) is 5.10 Å². The minimum absolute atomic E-state index is 0.190. The van der Waals surface area contributed by atoms with Crippen LogP contribution < -0.4 is 5.32 Å². The molecule has 1 amide bonds. The molecule has 0 spiro atoms. The second-order valence-corrected chi connectivity index (χ2v) is 5.29. The van der Waals surface area contributed by atoms with Gasteiger partial charge in [0.2, 0.25) is 5.82 Å². The van der Waals surface area contributed by atoms with E-state index < -0.39 is 0 Å². The highest BCUT2D eigenvalue weighted by molar-refractivity contribution is 6.02. The van der Waals surface area contributed by atoms with E-state index in [-0.39, 0.29) is 11.7 Å². The normalized spacial score (nSPS) is 14.5. The van der Waals surface area contributed by atoms with Crippen LogP contribution in [0.5, 0.6) is 0 Å². The third kappa shape index (κ3) is 2.06. The number of aromatic nitrogens is 5. The monoisotopic (exact) mass is 282 g/mol. The molecule has 106 valence electrons. The number of carbonyl (C=O) groups excluding carboxylic acids is 1. The second kappa shape index (κ2) is 4.41. The molecular weight excluding hydrogens is 268 g/mol. The molecule has 1 saturated carbocycles. The molecule has 2 heterocycles. The Labute approximate surface area is 120 Å². The van der Waals surface area contributed by atoms with Crippen molar-refractivity contribution in [3.05, 3.63) is 36.2 Å². The van der Waals surface area contributed by atoms with Gasteiger partial charge in [0, 0.05) is 18.7 Å². The molecule has 4 rings (SSSR count). The number of amides is 1. The first-order chi connectivity index (χ1) is 10.2. The van der Waals surface area contributed by atoms with Crippen LogP contribution >= 0.6 is 0 Å². The van der Waals surface area contributed by atoms with Crippen LogP contribution in [0.2, 0.25) is 0 Å². The average molecular weight is 282 g/mol. The van der Waals surface area contributed by atoms with Crippen molar-refractivity contribution in [2.45, 2.75) is 18.8 Å². The Morgan fingerprint density at radius 1 is 1.43 bits per heavy atom. The summed E-state index contributed by atoms with van der Waals surface area (Å²) in [4.78, 5) is 20.4. The van der Waals surface area contributed by atoms with Crippen molar-refractivity contribution in [3.63, 3.8) is 0 Å². The van der Waals surface area contributed by atoms with E-state index in [9.17, 15) is 4.79 Å². The highest BCUT2D eigenvalue weighted by atomic mass is 16.2. The minimum atomic E-state index is -0.315. The number of carbonyl (C=O) groups is 1. The van der Waals surface area contributed by atoms with Crippen LogP contribution in [0, 0.1) is 0 Å². The van der Waals surface area contributed by atoms with Gasteiger partial charge in [0.05, 0.1) is 11.0 Å². The number of nitrogens with one attached hydrogen (secondary N) is 2. The fraction of sp³-hybridized carbons (Fsp3) is 0.286. The topological polar surface area (TPSA) is 88.5 Å². The SMILES string of the molecule is Cn1c(C2CC2)nc2cc(NC(=O)c3ncn[nH]3)ccc21. The van der Waals surface area contributed by atoms with E-state index in [2.05, 4.69) is 30.0 Å². The van der Waals surface area contributed by atoms with E-state index in [0.29, 0.717) is 11.6 Å². The number of anilines is 1. The molecule has 0 unspecified atom stereocenters. The van der Waals surface area contributed by atoms with Crippen molar-refractivity contribution in [2.75, 3.05) is 5.32 Å². The zero-order valence-corrected chi connectivity index (χ0v) is 11.5. The third-order valence-corrected chi connectivity index (χ3v) is 3.75. The van der Waals surface area contributed by atoms with Gasteiger partial charge in [0.1, 0.15) is 12.2 Å². The predicted octanol–water partition coefficient (Wildman–Crippen LogP) is 1.82. The van der Waals surface area contributed by atoms with Crippen LogP contribution in [0.4, 0.5) is 5.69 Å². The molecule has 7 nitrogen and oxygen atoms in total. The average Bonchev–Trinajstić information content (AvgIpc) is 3.06. The Balaban J connectivity index is 1.66. The number of aryl methyl sites for hydroxylation is 1. The molecule has 0 saturated heterocycles. The molecule has 1 fully saturated rings. The Morgan fingerprint density at radius 3 is 3.00 bits per heavy atom. The van der Waals surface area contributed by atoms with E-state index >= 15 is 0 Å². The lowest BCUT2D eigenvalue weighted by Gasteiger charge is -2.03. The van der Waals surface area contributed by atoms with Crippen LogP contribution in [0.15, 0.2) is 24.5 Å². The second-order valence-electron chi connectivity index (χ2n) is 5.29. The number of hydrogen-bond donors (Lipinski definition) is 2. The van der Waals surface area contributed by atoms with Crippen molar-refractivity contribution in [2.24, 2.45) is 7.05 Å². The number of imidazole rings is 1. The molecule has 2 aromatic heterocycles. The van der Waals surface area contributed by atoms with Crippen LogP contribution in [-0.4, -0.2) is 30.6 Å². The van der Waals surface area contributed by atoms with Crippen molar-refractivity contribution in [1.29, 1.82) is 0 Å². The number of rotatable bonds is 3. The molecule has 21 heavy (non-hydrogen) atoms. The van der Waals surface area contributed by atoms with Gasteiger partial charge in [-0.3, -0.25) is 9.89 Å². The molecular formula is C14H14N6O. The Kier molecular flexibility index (Phi) is 2.53. The molecule has 2 N–H and O–H groups in total. The van der Waals surface area contributed by atoms with Crippen LogP contribution in [-0.2, 0) is 7.05 Å². The molecule has 1 aliphatic carbocycles. The summed E-state index contributed by atoms with van der Waals surface area (Å²) in [5.74, 6) is 1.60. The summed E-state index contributed by atoms with van der Waals surface area (Å²) in [6.07, 6.45) is 3.73. The third-order valence-electron chi connectivity index (χ3n) is 3.75. The van der Waals surface area contributed by atoms with Gasteiger partial charge in [-0.05, 0) is 31.0 Å². The number of nitrogens with zero attached hydrogens (tertiary/aromatic N) is 4. The predicted molar refractivity (Wildman–Crippen MR) is 77.0 cm³/mol. The van der Waals surface area contributed by atoms with Crippen LogP contribution in [0.3, 0.4) is 0 Å². The van der Waals surface area contributed by atoms with Gasteiger partial charge in [0.25, 0.3) is 5.91 Å². The molecule has 0 radical (unpaired) electrons. The number of hydrogen-bond acceptors (Lipinski definition) is 4. The molecule has 0 bridgehead atoms. The van der Waals surface area contributed by atoms with Crippen LogP contribution in [0.1, 0.15) is 35.2 Å². The summed E-state index contributed by atoms with van der Waals surface area (Å²) in [5, 5.41) is 8.99. The molecule has 7 heteroatoms. The molecule has 3 aromatic rings. The van der Waals surface area contributed by atoms with Gasteiger partial charge in [-0.1, -0.05) is 0 Å². The molecule has 0 aliphatic heterocycles. The minimum Gasteiger partial charge on any atom is -0.331 e. The largest absolute Gasteiger partial charge is 0.331 e. The Bertz CT molecular complexity index is 815. The van der Waals surface area contributed by atoms with Crippen molar-refractivity contribution < 1.29 is 4.79 Å². The number of fused-ring (bicyclic) bond motifs is 1. The lowest BCUT2D eigenvalue weighted by atomic mass is 10.2. The molecule has 1 aromatic carbocycles. The highest BCUT2D eigenvalue weighted by Gasteiger charge is 2.28. The quantitative estimate of drug-likeness (QED) is 0.767. The molecule has 0 atom stereocenters. The van der Waals surface area contributed by atoms with Gasteiger partial charge in [0.15, 0.2) is 0 Å². The standard InChI is InChI=1S/C14H14N6O/c1-20-11-5-4-9(17-14(21)12-15-7-16-19-12)6-10(11)18-13(20)8-2-3-8/h4-8H,2-3H2,1H3,(H,17,21)(H,15,16,19). The van der Waals surface area contributed by atoms with E-state index in [4.69, 9.17) is 0 Å². The van der Waals surface area contributed by atoms with Crippen LogP contribution in [0.25, 0.3) is 11.0 Å². The first-order valence-corrected chi connectivity index (χ1v) is 6.85. The summed E-state index contributed by atoms with van der Waals surface area (Å²) < 4.78 is 2.13. The fourth-order valence-corrected chi connectivity index (χ4v) is 2.51. The van der Waals surface area contributed by atoms with Gasteiger partial charge >= 0.3 is 0 Å². The lowest BCUT2D eigenvalue weighted by molar-refractivity contribution is 0.101. The zero-order chi connectivity index (χ0) is 14.4. The molecule has 1 aliphatic rings. The highest BCUT2D eigenvalue weighted by Crippen LogP contribution is 2.40. The van der Waals surface area contributed by atoms with Gasteiger partial charge in [-0.25, -0.2) is 9.97 Å². The Morgan fingerprint density at radius 2 is 2.29 bits per heavy atom. The van der Waals surface area contributed by atoms with Crippen molar-refractivity contribution >= 4 is 22.6 Å². The number of benzene rings is 1. The maximum Gasteiger partial charge on any atom is 0.292 e. The van der Waals surface area contributed by atoms with Crippen molar-refractivity contribution in [1.82, 2.24) is 24.7 Å². The number of H-pyrrole nitrogens is 1. The number of aromatic amines is 1. The van der Waals surface area contributed by atoms with Gasteiger partial charge < -0.3 is 9.88 Å². The van der Waals surface area contributed by atoms with Gasteiger partial charge in [-0.15, -0.1) is 0 Å². The van der Waals surface area contributed by atoms with Crippen molar-refractivity contribution in [3.8, 4) is 0 Å². The van der Waals surface area contributed by atoms with E-state index in [1.165, 1.54) is 19.2 Å². The fourth-order valence-electron chi connectivity index (χ4n) is 2.51. The summed E-state index contributed by atoms with van der Waals surface area (Å²) in [6.45, 7) is 0. The maximum absolute atomic E-state index is 11.9. The summed E-state index contributed by atoms with van der Waals surface area (Å²) in [5.41, 5.74) is 2.67. The lowest BCUT2D eigenvalue weighted by Crippen LogP contribution is -2.13. The summed E-state index contributed by atoms with van der Waals surface area (Å²) >= 11 is 0. The Hall–Kier alpha value is -2.70. The van der Waals surface area contributed by atoms with E-state index in [0.717, 1.165) is 16.9 Å². The smallest absolute Gasteiger partial charge is 0.292 e. The van der Waals surface area contributed by atoms with E-state index in [1.54, 1.807) is 0 Å². The van der Waals surface area contributed by atoms with E-state index in [1.807, 2.05) is 25.2 Å². The zero-order valence-electron chi connectivity index (χ0n) is 11.5. The summed E-state index contributed by atoms with van der Waals surface area (Å²) in [7, 11) is 2.04. The first-order valence-electron chi connectivity index (χ1n) is 6.85. The first kappa shape index (κ1) is 12.1. The summed E-state index contributed by atoms with van der Waals surface area (Å²) in [6, 6.07) is 5.73.